The maximum atomic E-state index is 12.0. The number of nitrogens with one attached hydrogen (secondary N) is 1. The van der Waals surface area contributed by atoms with Crippen molar-refractivity contribution in [3.05, 3.63) is 18.3 Å². The van der Waals surface area contributed by atoms with Crippen LogP contribution in [0.15, 0.2) is 23.2 Å². The highest BCUT2D eigenvalue weighted by Gasteiger charge is 2.21. The number of nitrogens with two attached hydrogens (primary N) is 1. The predicted molar refractivity (Wildman–Crippen MR) is 71.1 cm³/mol. The summed E-state index contributed by atoms with van der Waals surface area (Å²) in [6.45, 7) is 2.44. The summed E-state index contributed by atoms with van der Waals surface area (Å²) in [6, 6.07) is 2.74. The largest absolute Gasteiger partial charge is 0.384 e. The Labute approximate surface area is 112 Å². The van der Waals surface area contributed by atoms with Crippen LogP contribution in [-0.2, 0) is 14.8 Å². The molecule has 1 atom stereocenters. The first kappa shape index (κ1) is 14.2. The Morgan fingerprint density at radius 1 is 1.63 bits per heavy atom. The Morgan fingerprint density at radius 3 is 3.11 bits per heavy atom. The number of morpholine rings is 1. The fraction of sp³-hybridized carbons (Fsp3) is 0.545. The van der Waals surface area contributed by atoms with Gasteiger partial charge in [-0.3, -0.25) is 0 Å². The van der Waals surface area contributed by atoms with E-state index in [1.807, 2.05) is 7.05 Å². The van der Waals surface area contributed by atoms with E-state index in [0.29, 0.717) is 13.2 Å². The molecule has 0 aliphatic carbocycles. The van der Waals surface area contributed by atoms with Crippen molar-refractivity contribution in [2.45, 2.75) is 11.0 Å². The van der Waals surface area contributed by atoms with E-state index in [1.54, 1.807) is 0 Å². The maximum Gasteiger partial charge on any atom is 0.240 e. The third-order valence-electron chi connectivity index (χ3n) is 2.91. The molecule has 106 valence electrons. The minimum absolute atomic E-state index is 0.115. The molecular weight excluding hydrogens is 268 g/mol. The van der Waals surface area contributed by atoms with Crippen LogP contribution in [0.4, 0.5) is 5.82 Å². The summed E-state index contributed by atoms with van der Waals surface area (Å²) in [5.41, 5.74) is 5.48. The minimum Gasteiger partial charge on any atom is -0.384 e. The van der Waals surface area contributed by atoms with E-state index in [0.717, 1.165) is 6.54 Å². The Balaban J connectivity index is 1.98. The number of anilines is 1. The van der Waals surface area contributed by atoms with Crippen LogP contribution in [0.1, 0.15) is 0 Å². The second kappa shape index (κ2) is 5.83. The van der Waals surface area contributed by atoms with Gasteiger partial charge in [0, 0.05) is 31.9 Å². The van der Waals surface area contributed by atoms with Crippen LogP contribution >= 0.6 is 0 Å². The Bertz CT molecular complexity index is 534. The first-order chi connectivity index (χ1) is 8.97. The molecule has 1 aromatic rings. The van der Waals surface area contributed by atoms with Crippen LogP contribution in [0.3, 0.4) is 0 Å². The molecule has 1 fully saturated rings. The zero-order valence-electron chi connectivity index (χ0n) is 10.7. The summed E-state index contributed by atoms with van der Waals surface area (Å²) in [4.78, 5) is 5.99. The summed E-state index contributed by atoms with van der Waals surface area (Å²) in [5.74, 6) is 0.177. The van der Waals surface area contributed by atoms with E-state index in [4.69, 9.17) is 10.5 Å². The lowest BCUT2D eigenvalue weighted by Crippen LogP contribution is -2.45. The van der Waals surface area contributed by atoms with Crippen molar-refractivity contribution in [1.29, 1.82) is 0 Å². The molecule has 1 aliphatic rings. The van der Waals surface area contributed by atoms with Gasteiger partial charge in [-0.2, -0.15) is 0 Å². The van der Waals surface area contributed by atoms with Crippen LogP contribution in [0.2, 0.25) is 0 Å². The Hall–Kier alpha value is -1.22. The Kier molecular flexibility index (Phi) is 4.35. The molecule has 2 heterocycles. The number of pyridine rings is 1. The van der Waals surface area contributed by atoms with Crippen LogP contribution in [0, 0.1) is 0 Å². The standard InChI is InChI=1S/C11H18N4O3S/c1-15-4-5-18-9(8-15)7-14-19(16,17)10-2-3-13-11(12)6-10/h2-3,6,9,14H,4-5,7-8H2,1H3,(H2,12,13). The first-order valence-electron chi connectivity index (χ1n) is 5.99. The van der Waals surface area contributed by atoms with Crippen molar-refractivity contribution in [2.24, 2.45) is 0 Å². The number of nitrogen functional groups attached to an aromatic ring is 1. The second-order valence-electron chi connectivity index (χ2n) is 4.52. The normalized spacial score (nSPS) is 21.4. The van der Waals surface area contributed by atoms with Gasteiger partial charge in [0.05, 0.1) is 17.6 Å². The van der Waals surface area contributed by atoms with Gasteiger partial charge in [-0.15, -0.1) is 0 Å². The van der Waals surface area contributed by atoms with Gasteiger partial charge >= 0.3 is 0 Å². The quantitative estimate of drug-likeness (QED) is 0.757. The lowest BCUT2D eigenvalue weighted by atomic mass is 10.3. The van der Waals surface area contributed by atoms with E-state index < -0.39 is 10.0 Å². The Morgan fingerprint density at radius 2 is 2.42 bits per heavy atom. The summed E-state index contributed by atoms with van der Waals surface area (Å²) in [6.07, 6.45) is 1.24. The molecule has 1 aromatic heterocycles. The number of rotatable bonds is 4. The fourth-order valence-electron chi connectivity index (χ4n) is 1.87. The van der Waals surface area contributed by atoms with Gasteiger partial charge < -0.3 is 15.4 Å². The molecule has 0 saturated carbocycles. The van der Waals surface area contributed by atoms with Gasteiger partial charge in [0.25, 0.3) is 0 Å². The number of aromatic nitrogens is 1. The van der Waals surface area contributed by atoms with Crippen molar-refractivity contribution < 1.29 is 13.2 Å². The summed E-state index contributed by atoms with van der Waals surface area (Å²) < 4.78 is 32.1. The SMILES string of the molecule is CN1CCOC(CNS(=O)(=O)c2ccnc(N)c2)C1. The van der Waals surface area contributed by atoms with Crippen molar-refractivity contribution in [3.63, 3.8) is 0 Å². The molecule has 0 aromatic carbocycles. The molecule has 8 heteroatoms. The molecule has 1 unspecified atom stereocenters. The molecule has 0 radical (unpaired) electrons. The number of nitrogens with zero attached hydrogens (tertiary/aromatic N) is 2. The molecule has 0 spiro atoms. The van der Waals surface area contributed by atoms with Gasteiger partial charge in [0.2, 0.25) is 10.0 Å². The molecule has 7 nitrogen and oxygen atoms in total. The second-order valence-corrected chi connectivity index (χ2v) is 6.29. The van der Waals surface area contributed by atoms with Gasteiger partial charge in [0.15, 0.2) is 0 Å². The highest BCUT2D eigenvalue weighted by atomic mass is 32.2. The third-order valence-corrected chi connectivity index (χ3v) is 4.33. The van der Waals surface area contributed by atoms with E-state index >= 15 is 0 Å². The molecule has 1 aliphatic heterocycles. The minimum atomic E-state index is -3.57. The smallest absolute Gasteiger partial charge is 0.240 e. The van der Waals surface area contributed by atoms with Crippen molar-refractivity contribution in [2.75, 3.05) is 39.0 Å². The molecule has 1 saturated heterocycles. The molecule has 19 heavy (non-hydrogen) atoms. The van der Waals surface area contributed by atoms with Gasteiger partial charge in [0.1, 0.15) is 5.82 Å². The fourth-order valence-corrected chi connectivity index (χ4v) is 2.96. The summed E-state index contributed by atoms with van der Waals surface area (Å²) in [7, 11) is -1.59. The zero-order valence-corrected chi connectivity index (χ0v) is 11.6. The number of sulfonamides is 1. The average Bonchev–Trinajstić information content (AvgIpc) is 2.37. The van der Waals surface area contributed by atoms with Crippen LogP contribution < -0.4 is 10.5 Å². The summed E-state index contributed by atoms with van der Waals surface area (Å²) in [5, 5.41) is 0. The maximum absolute atomic E-state index is 12.0. The average molecular weight is 286 g/mol. The number of ether oxygens (including phenoxy) is 1. The molecule has 0 amide bonds. The topological polar surface area (TPSA) is 97.5 Å². The highest BCUT2D eigenvalue weighted by molar-refractivity contribution is 7.89. The number of hydrogen-bond acceptors (Lipinski definition) is 6. The van der Waals surface area contributed by atoms with Crippen molar-refractivity contribution in [3.8, 4) is 0 Å². The molecule has 0 bridgehead atoms. The lowest BCUT2D eigenvalue weighted by molar-refractivity contribution is -0.0156. The number of likely N-dealkylation sites (N-methyl/N-ethyl adjacent to an activating group) is 1. The van der Waals surface area contributed by atoms with Gasteiger partial charge in [-0.05, 0) is 13.1 Å². The van der Waals surface area contributed by atoms with E-state index in [-0.39, 0.29) is 23.4 Å². The van der Waals surface area contributed by atoms with E-state index in [9.17, 15) is 8.42 Å². The van der Waals surface area contributed by atoms with E-state index in [1.165, 1.54) is 18.3 Å². The number of hydrogen-bond donors (Lipinski definition) is 2. The van der Waals surface area contributed by atoms with Crippen molar-refractivity contribution >= 4 is 15.8 Å². The predicted octanol–water partition coefficient (Wildman–Crippen LogP) is -0.727. The van der Waals surface area contributed by atoms with Crippen LogP contribution in [0.5, 0.6) is 0 Å². The summed E-state index contributed by atoms with van der Waals surface area (Å²) >= 11 is 0. The zero-order chi connectivity index (χ0) is 13.9. The monoisotopic (exact) mass is 286 g/mol. The third kappa shape index (κ3) is 3.87. The lowest BCUT2D eigenvalue weighted by Gasteiger charge is -2.30. The van der Waals surface area contributed by atoms with Crippen LogP contribution in [0.25, 0.3) is 0 Å². The highest BCUT2D eigenvalue weighted by Crippen LogP contribution is 2.10. The van der Waals surface area contributed by atoms with Gasteiger partial charge in [-0.1, -0.05) is 0 Å². The van der Waals surface area contributed by atoms with Gasteiger partial charge in [-0.25, -0.2) is 18.1 Å². The van der Waals surface area contributed by atoms with Crippen molar-refractivity contribution in [1.82, 2.24) is 14.6 Å². The first-order valence-corrected chi connectivity index (χ1v) is 7.47. The van der Waals surface area contributed by atoms with E-state index in [2.05, 4.69) is 14.6 Å². The van der Waals surface area contributed by atoms with Crippen LogP contribution in [-0.4, -0.2) is 57.7 Å². The molecule has 2 rings (SSSR count). The molecular formula is C11H18N4O3S. The molecule has 3 N–H and O–H groups in total.